The molecule has 0 bridgehead atoms. The average Bonchev–Trinajstić information content (AvgIpc) is 2.25. The fourth-order valence-electron chi connectivity index (χ4n) is 1.59. The topological polar surface area (TPSA) is 40.5 Å². The third-order valence-electron chi connectivity index (χ3n) is 2.31. The molecule has 0 saturated heterocycles. The number of rotatable bonds is 5. The number of anilines is 1. The van der Waals surface area contributed by atoms with E-state index in [2.05, 4.69) is 6.58 Å². The van der Waals surface area contributed by atoms with Crippen LogP contribution in [0.25, 0.3) is 6.08 Å². The second-order valence-corrected chi connectivity index (χ2v) is 4.20. The Morgan fingerprint density at radius 1 is 1.56 bits per heavy atom. The fourth-order valence-corrected chi connectivity index (χ4v) is 1.59. The maximum Gasteiger partial charge on any atom is 0.328 e. The smallest absolute Gasteiger partial charge is 0.328 e. The molecular weight excluding hydrogens is 233 g/mol. The molecule has 0 saturated carbocycles. The number of likely N-dealkylation sites (N-methyl/N-ethyl adjacent to an activating group) is 1. The molecule has 1 aromatic carbocycles. The van der Waals surface area contributed by atoms with Crippen molar-refractivity contribution in [2.24, 2.45) is 0 Å². The van der Waals surface area contributed by atoms with Crippen molar-refractivity contribution >= 4 is 17.7 Å². The van der Waals surface area contributed by atoms with Gasteiger partial charge in [0.05, 0.1) is 5.69 Å². The number of halogens is 1. The maximum absolute atomic E-state index is 13.8. The van der Waals surface area contributed by atoms with E-state index in [1.807, 2.05) is 6.92 Å². The molecule has 18 heavy (non-hydrogen) atoms. The van der Waals surface area contributed by atoms with E-state index >= 15 is 0 Å². The molecule has 0 heterocycles. The first-order chi connectivity index (χ1) is 8.40. The van der Waals surface area contributed by atoms with Crippen molar-refractivity contribution in [3.63, 3.8) is 0 Å². The molecule has 3 nitrogen and oxygen atoms in total. The highest BCUT2D eigenvalue weighted by atomic mass is 19.1. The number of carboxylic acid groups (broad SMARTS) is 1. The van der Waals surface area contributed by atoms with Gasteiger partial charge in [-0.25, -0.2) is 9.18 Å². The number of hydrogen-bond acceptors (Lipinski definition) is 2. The van der Waals surface area contributed by atoms with Gasteiger partial charge in [-0.3, -0.25) is 0 Å². The number of nitrogens with zero attached hydrogens (tertiary/aromatic N) is 1. The summed E-state index contributed by atoms with van der Waals surface area (Å²) in [6.45, 7) is 6.22. The SMILES string of the molecule is C=C(C)CN(C)c1ccc(/C=C/C(=O)O)cc1F. The van der Waals surface area contributed by atoms with Crippen LogP contribution in [0.3, 0.4) is 0 Å². The Labute approximate surface area is 106 Å². The third-order valence-corrected chi connectivity index (χ3v) is 2.31. The van der Waals surface area contributed by atoms with Crippen molar-refractivity contribution < 1.29 is 14.3 Å². The first kappa shape index (κ1) is 14.0. The summed E-state index contributed by atoms with van der Waals surface area (Å²) >= 11 is 0. The molecular formula is C14H16FNO2. The second kappa shape index (κ2) is 6.00. The lowest BCUT2D eigenvalue weighted by molar-refractivity contribution is -0.131. The molecule has 0 amide bonds. The molecule has 1 N–H and O–H groups in total. The summed E-state index contributed by atoms with van der Waals surface area (Å²) in [5, 5.41) is 8.49. The van der Waals surface area contributed by atoms with Crippen LogP contribution in [0.4, 0.5) is 10.1 Å². The molecule has 0 unspecified atom stereocenters. The van der Waals surface area contributed by atoms with Crippen molar-refractivity contribution in [1.82, 2.24) is 0 Å². The van der Waals surface area contributed by atoms with Gasteiger partial charge in [0.2, 0.25) is 0 Å². The Morgan fingerprint density at radius 3 is 2.72 bits per heavy atom. The van der Waals surface area contributed by atoms with Gasteiger partial charge in [-0.05, 0) is 30.7 Å². The van der Waals surface area contributed by atoms with Crippen molar-refractivity contribution in [3.8, 4) is 0 Å². The van der Waals surface area contributed by atoms with Gasteiger partial charge in [0, 0.05) is 19.7 Å². The van der Waals surface area contributed by atoms with Crippen LogP contribution in [0, 0.1) is 5.82 Å². The Bertz CT molecular complexity index is 495. The van der Waals surface area contributed by atoms with E-state index in [0.717, 1.165) is 11.6 Å². The van der Waals surface area contributed by atoms with E-state index in [4.69, 9.17) is 5.11 Å². The predicted octanol–water partition coefficient (Wildman–Crippen LogP) is 2.94. The Morgan fingerprint density at radius 2 is 2.22 bits per heavy atom. The lowest BCUT2D eigenvalue weighted by Gasteiger charge is -2.20. The summed E-state index contributed by atoms with van der Waals surface area (Å²) in [5.74, 6) is -1.44. The van der Waals surface area contributed by atoms with Gasteiger partial charge >= 0.3 is 5.97 Å². The molecule has 0 aliphatic carbocycles. The highest BCUT2D eigenvalue weighted by Gasteiger charge is 2.07. The highest BCUT2D eigenvalue weighted by Crippen LogP contribution is 2.20. The normalized spacial score (nSPS) is 10.6. The van der Waals surface area contributed by atoms with Gasteiger partial charge in [0.1, 0.15) is 5.82 Å². The quantitative estimate of drug-likeness (QED) is 0.644. The number of carboxylic acids is 1. The number of carbonyl (C=O) groups is 1. The van der Waals surface area contributed by atoms with Gasteiger partial charge in [0.15, 0.2) is 0 Å². The van der Waals surface area contributed by atoms with E-state index < -0.39 is 5.97 Å². The van der Waals surface area contributed by atoms with Crippen LogP contribution < -0.4 is 4.90 Å². The summed E-state index contributed by atoms with van der Waals surface area (Å²) in [7, 11) is 1.78. The zero-order chi connectivity index (χ0) is 13.7. The van der Waals surface area contributed by atoms with Crippen LogP contribution in [-0.2, 0) is 4.79 Å². The van der Waals surface area contributed by atoms with E-state index in [-0.39, 0.29) is 5.82 Å². The molecule has 96 valence electrons. The highest BCUT2D eigenvalue weighted by molar-refractivity contribution is 5.85. The minimum absolute atomic E-state index is 0.383. The Kier molecular flexibility index (Phi) is 4.66. The van der Waals surface area contributed by atoms with Crippen LogP contribution in [0.2, 0.25) is 0 Å². The van der Waals surface area contributed by atoms with Crippen molar-refractivity contribution in [2.45, 2.75) is 6.92 Å². The molecule has 0 aliphatic rings. The first-order valence-electron chi connectivity index (χ1n) is 5.46. The second-order valence-electron chi connectivity index (χ2n) is 4.20. The first-order valence-corrected chi connectivity index (χ1v) is 5.46. The summed E-state index contributed by atoms with van der Waals surface area (Å²) in [5.41, 5.74) is 1.92. The summed E-state index contributed by atoms with van der Waals surface area (Å²) in [4.78, 5) is 12.1. The molecule has 4 heteroatoms. The van der Waals surface area contributed by atoms with Crippen molar-refractivity contribution in [1.29, 1.82) is 0 Å². The van der Waals surface area contributed by atoms with Gasteiger partial charge in [-0.15, -0.1) is 0 Å². The van der Waals surface area contributed by atoms with E-state index in [9.17, 15) is 9.18 Å². The number of hydrogen-bond donors (Lipinski definition) is 1. The lowest BCUT2D eigenvalue weighted by Crippen LogP contribution is -2.20. The van der Waals surface area contributed by atoms with E-state index in [1.165, 1.54) is 12.1 Å². The van der Waals surface area contributed by atoms with Gasteiger partial charge in [-0.2, -0.15) is 0 Å². The largest absolute Gasteiger partial charge is 0.478 e. The molecule has 1 rings (SSSR count). The van der Waals surface area contributed by atoms with Crippen LogP contribution >= 0.6 is 0 Å². The molecule has 0 radical (unpaired) electrons. The van der Waals surface area contributed by atoms with Crippen molar-refractivity contribution in [3.05, 3.63) is 47.8 Å². The summed E-state index contributed by atoms with van der Waals surface area (Å²) in [6.07, 6.45) is 2.33. The van der Waals surface area contributed by atoms with E-state index in [1.54, 1.807) is 24.1 Å². The molecule has 0 aromatic heterocycles. The molecule has 1 aromatic rings. The van der Waals surface area contributed by atoms with Gasteiger partial charge in [-0.1, -0.05) is 18.2 Å². The molecule has 0 fully saturated rings. The third kappa shape index (κ3) is 4.05. The van der Waals surface area contributed by atoms with Crippen LogP contribution in [0.5, 0.6) is 0 Å². The molecule has 0 aliphatic heterocycles. The summed E-state index contributed by atoms with van der Waals surface area (Å²) < 4.78 is 13.8. The lowest BCUT2D eigenvalue weighted by atomic mass is 10.1. The summed E-state index contributed by atoms with van der Waals surface area (Å²) in [6, 6.07) is 4.61. The zero-order valence-corrected chi connectivity index (χ0v) is 10.5. The Hall–Kier alpha value is -2.10. The van der Waals surface area contributed by atoms with Crippen LogP contribution in [0.1, 0.15) is 12.5 Å². The minimum atomic E-state index is -1.06. The Balaban J connectivity index is 2.92. The monoisotopic (exact) mass is 249 g/mol. The predicted molar refractivity (Wildman–Crippen MR) is 71.2 cm³/mol. The fraction of sp³-hybridized carbons (Fsp3) is 0.214. The number of benzene rings is 1. The standard InChI is InChI=1S/C14H16FNO2/c1-10(2)9-16(3)13-6-4-11(8-12(13)15)5-7-14(17)18/h4-8H,1,9H2,2-3H3,(H,17,18)/b7-5+. The maximum atomic E-state index is 13.8. The minimum Gasteiger partial charge on any atom is -0.478 e. The zero-order valence-electron chi connectivity index (χ0n) is 10.5. The average molecular weight is 249 g/mol. The van der Waals surface area contributed by atoms with E-state index in [0.29, 0.717) is 17.8 Å². The van der Waals surface area contributed by atoms with Crippen LogP contribution in [-0.4, -0.2) is 24.7 Å². The van der Waals surface area contributed by atoms with Crippen LogP contribution in [0.15, 0.2) is 36.4 Å². The van der Waals surface area contributed by atoms with Crippen molar-refractivity contribution in [2.75, 3.05) is 18.5 Å². The molecule has 0 spiro atoms. The molecule has 0 atom stereocenters. The van der Waals surface area contributed by atoms with Gasteiger partial charge in [0.25, 0.3) is 0 Å². The number of aliphatic carboxylic acids is 1. The van der Waals surface area contributed by atoms with Gasteiger partial charge < -0.3 is 10.0 Å².